The van der Waals surface area contributed by atoms with E-state index in [1.54, 1.807) is 0 Å². The van der Waals surface area contributed by atoms with Gasteiger partial charge in [-0.05, 0) is 12.0 Å². The molecule has 0 unspecified atom stereocenters. The summed E-state index contributed by atoms with van der Waals surface area (Å²) in [5, 5.41) is 0.554. The fourth-order valence-corrected chi connectivity index (χ4v) is 2.58. The summed E-state index contributed by atoms with van der Waals surface area (Å²) in [4.78, 5) is 10.8. The largest absolute Gasteiger partial charge is 0.287 e. The van der Waals surface area contributed by atoms with Gasteiger partial charge in [-0.15, -0.1) is 12.6 Å². The van der Waals surface area contributed by atoms with Gasteiger partial charge in [-0.2, -0.15) is 0 Å². The second-order valence-corrected chi connectivity index (χ2v) is 5.33. The lowest BCUT2D eigenvalue weighted by Crippen LogP contribution is -1.95. The van der Waals surface area contributed by atoms with Crippen molar-refractivity contribution in [3.05, 3.63) is 30.7 Å². The first-order chi connectivity index (χ1) is 7.36. The molecule has 0 aliphatic carbocycles. The SMILES string of the molecule is O=C(S)CCc1c(Cl)c(Cl)c(Cl)c(Cl)c1Cl. The van der Waals surface area contributed by atoms with Gasteiger partial charge in [-0.25, -0.2) is 0 Å². The highest BCUT2D eigenvalue weighted by Crippen LogP contribution is 2.44. The van der Waals surface area contributed by atoms with Crippen LogP contribution >= 0.6 is 70.6 Å². The molecule has 0 fully saturated rings. The van der Waals surface area contributed by atoms with E-state index in [0.29, 0.717) is 12.0 Å². The molecule has 1 aromatic rings. The van der Waals surface area contributed by atoms with Gasteiger partial charge in [0, 0.05) is 6.42 Å². The highest BCUT2D eigenvalue weighted by atomic mass is 35.5. The van der Waals surface area contributed by atoms with Gasteiger partial charge in [0.05, 0.1) is 25.1 Å². The van der Waals surface area contributed by atoms with Crippen molar-refractivity contribution in [3.8, 4) is 0 Å². The van der Waals surface area contributed by atoms with Crippen LogP contribution in [0.15, 0.2) is 0 Å². The molecule has 0 atom stereocenters. The minimum absolute atomic E-state index is 0.110. The highest BCUT2D eigenvalue weighted by molar-refractivity contribution is 7.96. The van der Waals surface area contributed by atoms with E-state index in [-0.39, 0.29) is 36.6 Å². The molecule has 0 bridgehead atoms. The van der Waals surface area contributed by atoms with Crippen LogP contribution in [0.3, 0.4) is 0 Å². The van der Waals surface area contributed by atoms with Gasteiger partial charge in [0.25, 0.3) is 0 Å². The highest BCUT2D eigenvalue weighted by Gasteiger charge is 2.19. The summed E-state index contributed by atoms with van der Waals surface area (Å²) >= 11 is 33.1. The van der Waals surface area contributed by atoms with Gasteiger partial charge < -0.3 is 0 Å². The molecule has 88 valence electrons. The summed E-state index contributed by atoms with van der Waals surface area (Å²) < 4.78 is 0. The van der Waals surface area contributed by atoms with Crippen molar-refractivity contribution < 1.29 is 4.79 Å². The number of benzene rings is 1. The van der Waals surface area contributed by atoms with Gasteiger partial charge in [0.2, 0.25) is 0 Å². The Labute approximate surface area is 123 Å². The summed E-state index contributed by atoms with van der Waals surface area (Å²) in [5.74, 6) is 0. The molecule has 1 rings (SSSR count). The van der Waals surface area contributed by atoms with Gasteiger partial charge >= 0.3 is 0 Å². The summed E-state index contributed by atoms with van der Waals surface area (Å²) in [6, 6.07) is 0. The Morgan fingerprint density at radius 1 is 0.875 bits per heavy atom. The van der Waals surface area contributed by atoms with Gasteiger partial charge in [0.15, 0.2) is 5.12 Å². The quantitative estimate of drug-likeness (QED) is 0.447. The van der Waals surface area contributed by atoms with Gasteiger partial charge in [-0.1, -0.05) is 58.0 Å². The number of carbonyl (C=O) groups excluding carboxylic acids is 1. The summed E-state index contributed by atoms with van der Waals surface area (Å²) in [6.45, 7) is 0. The third kappa shape index (κ3) is 3.12. The molecule has 1 aromatic carbocycles. The smallest absolute Gasteiger partial charge is 0.186 e. The molecule has 0 aliphatic rings. The summed E-state index contributed by atoms with van der Waals surface area (Å²) in [5.41, 5.74) is 0.505. The van der Waals surface area contributed by atoms with Crippen LogP contribution in [0.4, 0.5) is 0 Å². The first-order valence-corrected chi connectivity index (χ1v) is 6.42. The Morgan fingerprint density at radius 2 is 1.25 bits per heavy atom. The van der Waals surface area contributed by atoms with Crippen molar-refractivity contribution in [1.29, 1.82) is 0 Å². The van der Waals surface area contributed by atoms with Crippen molar-refractivity contribution in [2.45, 2.75) is 12.8 Å². The molecule has 0 spiro atoms. The number of thiol groups is 1. The molecular formula is C9H5Cl5OS. The third-order valence-corrected chi connectivity index (χ3v) is 4.47. The lowest BCUT2D eigenvalue weighted by molar-refractivity contribution is -0.110. The normalized spacial score (nSPS) is 10.6. The Kier molecular flexibility index (Phi) is 5.56. The van der Waals surface area contributed by atoms with Crippen molar-refractivity contribution in [2.75, 3.05) is 0 Å². The molecule has 0 aromatic heterocycles. The van der Waals surface area contributed by atoms with E-state index < -0.39 is 0 Å². The first kappa shape index (κ1) is 14.7. The van der Waals surface area contributed by atoms with E-state index in [1.165, 1.54) is 0 Å². The standard InChI is InChI=1S/C9H5Cl5OS/c10-5-3(1-2-4(15)16)6(11)8(13)9(14)7(5)12/h1-2H2,(H,15,16). The number of halogens is 5. The third-order valence-electron chi connectivity index (χ3n) is 1.89. The molecule has 16 heavy (non-hydrogen) atoms. The number of carbonyl (C=O) groups is 1. The zero-order valence-electron chi connectivity index (χ0n) is 7.66. The van der Waals surface area contributed by atoms with Crippen molar-refractivity contribution >= 4 is 75.7 Å². The molecule has 0 aliphatic heterocycles. The Bertz CT molecular complexity index is 417. The zero-order chi connectivity index (χ0) is 12.5. The van der Waals surface area contributed by atoms with E-state index in [4.69, 9.17) is 58.0 Å². The van der Waals surface area contributed by atoms with Crippen LogP contribution in [0.2, 0.25) is 25.1 Å². The summed E-state index contributed by atoms with van der Waals surface area (Å²) in [7, 11) is 0. The minimum Gasteiger partial charge on any atom is -0.287 e. The Hall–Kier alpha value is 0.690. The van der Waals surface area contributed by atoms with Crippen LogP contribution in [0.25, 0.3) is 0 Å². The summed E-state index contributed by atoms with van der Waals surface area (Å²) in [6.07, 6.45) is 0.507. The molecule has 0 amide bonds. The number of hydrogen-bond donors (Lipinski definition) is 1. The molecule has 0 saturated carbocycles. The van der Waals surface area contributed by atoms with Crippen LogP contribution in [-0.2, 0) is 11.2 Å². The number of hydrogen-bond acceptors (Lipinski definition) is 1. The van der Waals surface area contributed by atoms with Crippen LogP contribution < -0.4 is 0 Å². The van der Waals surface area contributed by atoms with E-state index in [0.717, 1.165) is 0 Å². The minimum atomic E-state index is -0.269. The predicted molar refractivity (Wildman–Crippen MR) is 73.8 cm³/mol. The van der Waals surface area contributed by atoms with Gasteiger partial charge in [0.1, 0.15) is 0 Å². The molecule has 0 heterocycles. The topological polar surface area (TPSA) is 17.1 Å². The first-order valence-electron chi connectivity index (χ1n) is 4.08. The Balaban J connectivity index is 3.23. The maximum absolute atomic E-state index is 10.8. The average molecular weight is 338 g/mol. The van der Waals surface area contributed by atoms with Crippen LogP contribution in [-0.4, -0.2) is 5.12 Å². The van der Waals surface area contributed by atoms with Crippen LogP contribution in [0, 0.1) is 0 Å². The predicted octanol–water partition coefficient (Wildman–Crippen LogP) is 5.34. The maximum atomic E-state index is 10.8. The zero-order valence-corrected chi connectivity index (χ0v) is 12.3. The van der Waals surface area contributed by atoms with Gasteiger partial charge in [-0.3, -0.25) is 4.79 Å². The lowest BCUT2D eigenvalue weighted by atomic mass is 10.1. The maximum Gasteiger partial charge on any atom is 0.186 e. The second kappa shape index (κ2) is 6.03. The van der Waals surface area contributed by atoms with Crippen molar-refractivity contribution in [2.24, 2.45) is 0 Å². The molecule has 0 radical (unpaired) electrons. The van der Waals surface area contributed by atoms with E-state index in [2.05, 4.69) is 12.6 Å². The average Bonchev–Trinajstić information content (AvgIpc) is 2.23. The molecule has 0 saturated heterocycles. The van der Waals surface area contributed by atoms with Crippen molar-refractivity contribution in [3.63, 3.8) is 0 Å². The second-order valence-electron chi connectivity index (χ2n) is 2.94. The fourth-order valence-electron chi connectivity index (χ4n) is 1.10. The molecular weight excluding hydrogens is 333 g/mol. The fraction of sp³-hybridized carbons (Fsp3) is 0.222. The monoisotopic (exact) mass is 336 g/mol. The van der Waals surface area contributed by atoms with E-state index in [1.807, 2.05) is 0 Å². The molecule has 0 N–H and O–H groups in total. The number of rotatable bonds is 3. The molecule has 1 nitrogen and oxygen atoms in total. The molecule has 7 heteroatoms. The van der Waals surface area contributed by atoms with Crippen LogP contribution in [0.1, 0.15) is 12.0 Å². The lowest BCUT2D eigenvalue weighted by Gasteiger charge is -2.11. The Morgan fingerprint density at radius 3 is 1.62 bits per heavy atom. The van der Waals surface area contributed by atoms with Crippen LogP contribution in [0.5, 0.6) is 0 Å². The van der Waals surface area contributed by atoms with E-state index in [9.17, 15) is 4.79 Å². The van der Waals surface area contributed by atoms with Crippen molar-refractivity contribution in [1.82, 2.24) is 0 Å². The van der Waals surface area contributed by atoms with E-state index >= 15 is 0 Å².